The summed E-state index contributed by atoms with van der Waals surface area (Å²) in [6.45, 7) is -0.0673. The second-order valence-corrected chi connectivity index (χ2v) is 10.1. The van der Waals surface area contributed by atoms with Crippen LogP contribution in [-0.2, 0) is 11.8 Å². The van der Waals surface area contributed by atoms with E-state index in [9.17, 15) is 9.59 Å². The molecule has 1 aliphatic rings. The third kappa shape index (κ3) is 4.03. The second-order valence-electron chi connectivity index (χ2n) is 9.19. The van der Waals surface area contributed by atoms with Gasteiger partial charge in [0.25, 0.3) is 5.91 Å². The van der Waals surface area contributed by atoms with Gasteiger partial charge >= 0.3 is 0 Å². The molecule has 1 aromatic heterocycles. The third-order valence-corrected chi connectivity index (χ3v) is 7.44. The van der Waals surface area contributed by atoms with Crippen LogP contribution < -0.4 is 5.32 Å². The Morgan fingerprint density at radius 1 is 0.892 bits per heavy atom. The van der Waals surface area contributed by atoms with Gasteiger partial charge in [-0.1, -0.05) is 88.7 Å². The average molecular weight is 550 g/mol. The van der Waals surface area contributed by atoms with Crippen molar-refractivity contribution in [1.29, 1.82) is 0 Å². The van der Waals surface area contributed by atoms with Gasteiger partial charge in [0.1, 0.15) is 6.54 Å². The van der Waals surface area contributed by atoms with Gasteiger partial charge in [0, 0.05) is 39.2 Å². The Balaban J connectivity index is 1.51. The van der Waals surface area contributed by atoms with Crippen molar-refractivity contribution >= 4 is 44.3 Å². The molecule has 0 fully saturated rings. The number of para-hydroxylation sites is 1. The largest absolute Gasteiger partial charge is 0.343 e. The molecule has 0 saturated heterocycles. The minimum Gasteiger partial charge on any atom is -0.343 e. The molecule has 6 rings (SSSR count). The van der Waals surface area contributed by atoms with Crippen LogP contribution in [0.2, 0.25) is 0 Å². The lowest BCUT2D eigenvalue weighted by Gasteiger charge is -2.26. The number of fused-ring (bicyclic) bond motifs is 2. The molecule has 0 spiro atoms. The molecule has 0 radical (unpaired) electrons. The number of amides is 2. The molecule has 1 N–H and O–H groups in total. The Morgan fingerprint density at radius 2 is 1.62 bits per heavy atom. The van der Waals surface area contributed by atoms with Gasteiger partial charge in [0.15, 0.2) is 0 Å². The van der Waals surface area contributed by atoms with Crippen LogP contribution in [0.4, 0.5) is 5.69 Å². The van der Waals surface area contributed by atoms with E-state index in [1.165, 1.54) is 0 Å². The van der Waals surface area contributed by atoms with Crippen molar-refractivity contribution in [2.24, 2.45) is 7.05 Å². The van der Waals surface area contributed by atoms with Gasteiger partial charge < -0.3 is 14.8 Å². The number of aryl methyl sites for hydroxylation is 1. The number of halogens is 1. The first-order valence-electron chi connectivity index (χ1n) is 12.1. The predicted molar refractivity (Wildman–Crippen MR) is 150 cm³/mol. The first kappa shape index (κ1) is 23.3. The van der Waals surface area contributed by atoms with Crippen LogP contribution in [0, 0.1) is 0 Å². The first-order chi connectivity index (χ1) is 18.0. The maximum absolute atomic E-state index is 13.7. The molecule has 0 saturated carbocycles. The van der Waals surface area contributed by atoms with Gasteiger partial charge in [-0.15, -0.1) is 0 Å². The molecule has 2 heterocycles. The zero-order valence-electron chi connectivity index (χ0n) is 20.2. The van der Waals surface area contributed by atoms with E-state index >= 15 is 0 Å². The fraction of sp³-hybridized carbons (Fsp3) is 0.0968. The van der Waals surface area contributed by atoms with Gasteiger partial charge in [-0.05, 0) is 41.5 Å². The number of carbonyl (C=O) groups excluding carboxylic acids is 2. The number of rotatable bonds is 5. The number of hydrogen-bond acceptors (Lipinski definition) is 2. The minimum absolute atomic E-state index is 0.0673. The molecule has 2 amide bonds. The van der Waals surface area contributed by atoms with Crippen molar-refractivity contribution in [3.05, 3.63) is 124 Å². The highest BCUT2D eigenvalue weighted by Gasteiger charge is 2.41. The van der Waals surface area contributed by atoms with E-state index in [4.69, 9.17) is 0 Å². The molecule has 182 valence electrons. The lowest BCUT2D eigenvalue weighted by atomic mass is 9.93. The minimum atomic E-state index is -0.404. The molecule has 5 nitrogen and oxygen atoms in total. The Morgan fingerprint density at radius 3 is 2.43 bits per heavy atom. The zero-order valence-corrected chi connectivity index (χ0v) is 21.8. The SMILES string of the molecule is Cn1c(-c2ccccc2)c(C2c3ccccc3C(=O)N2CC(=O)Nc2cccc(Br)c2)c2ccccc21. The van der Waals surface area contributed by atoms with Crippen LogP contribution in [0.25, 0.3) is 22.2 Å². The summed E-state index contributed by atoms with van der Waals surface area (Å²) in [6.07, 6.45) is 0. The maximum atomic E-state index is 13.7. The summed E-state index contributed by atoms with van der Waals surface area (Å²) < 4.78 is 3.06. The van der Waals surface area contributed by atoms with Gasteiger partial charge in [-0.25, -0.2) is 0 Å². The van der Waals surface area contributed by atoms with Crippen molar-refractivity contribution in [2.45, 2.75) is 6.04 Å². The highest BCUT2D eigenvalue weighted by Crippen LogP contribution is 2.46. The summed E-state index contributed by atoms with van der Waals surface area (Å²) in [5, 5.41) is 4.02. The Hall–Kier alpha value is -4.16. The molecule has 5 aromatic rings. The van der Waals surface area contributed by atoms with Crippen LogP contribution >= 0.6 is 15.9 Å². The average Bonchev–Trinajstić information content (AvgIpc) is 3.35. The van der Waals surface area contributed by atoms with E-state index in [-0.39, 0.29) is 18.4 Å². The highest BCUT2D eigenvalue weighted by atomic mass is 79.9. The molecule has 4 aromatic carbocycles. The lowest BCUT2D eigenvalue weighted by molar-refractivity contribution is -0.117. The lowest BCUT2D eigenvalue weighted by Crippen LogP contribution is -2.36. The maximum Gasteiger partial charge on any atom is 0.255 e. The van der Waals surface area contributed by atoms with E-state index < -0.39 is 6.04 Å². The summed E-state index contributed by atoms with van der Waals surface area (Å²) in [7, 11) is 2.06. The third-order valence-electron chi connectivity index (χ3n) is 6.95. The van der Waals surface area contributed by atoms with Crippen molar-refractivity contribution in [2.75, 3.05) is 11.9 Å². The number of hydrogen-bond donors (Lipinski definition) is 1. The number of nitrogens with zero attached hydrogens (tertiary/aromatic N) is 2. The molecular weight excluding hydrogens is 526 g/mol. The van der Waals surface area contributed by atoms with Crippen molar-refractivity contribution in [1.82, 2.24) is 9.47 Å². The number of aromatic nitrogens is 1. The molecule has 1 unspecified atom stereocenters. The number of nitrogens with one attached hydrogen (secondary N) is 1. The normalized spacial score (nSPS) is 14.7. The summed E-state index contributed by atoms with van der Waals surface area (Å²) in [5.74, 6) is -0.386. The van der Waals surface area contributed by atoms with E-state index in [2.05, 4.69) is 57.1 Å². The standard InChI is InChI=1S/C31H24BrN3O2/c1-34-26-17-8-7-16-25(26)28(29(34)20-10-3-2-4-11-20)30-23-14-5-6-15-24(23)31(37)35(30)19-27(36)33-22-13-9-12-21(32)18-22/h2-18,30H,19H2,1H3,(H,33,36). The quantitative estimate of drug-likeness (QED) is 0.262. The zero-order chi connectivity index (χ0) is 25.5. The molecular formula is C31H24BrN3O2. The van der Waals surface area contributed by atoms with Crippen LogP contribution in [-0.4, -0.2) is 27.8 Å². The fourth-order valence-electron chi connectivity index (χ4n) is 5.41. The summed E-state index contributed by atoms with van der Waals surface area (Å²) in [6, 6.07) is 33.2. The van der Waals surface area contributed by atoms with E-state index in [1.54, 1.807) is 4.90 Å². The molecule has 37 heavy (non-hydrogen) atoms. The van der Waals surface area contributed by atoms with Gasteiger partial charge in [-0.3, -0.25) is 9.59 Å². The Labute approximate surface area is 223 Å². The van der Waals surface area contributed by atoms with Crippen molar-refractivity contribution < 1.29 is 9.59 Å². The number of benzene rings is 4. The highest BCUT2D eigenvalue weighted by molar-refractivity contribution is 9.10. The van der Waals surface area contributed by atoms with Crippen molar-refractivity contribution in [3.63, 3.8) is 0 Å². The number of carbonyl (C=O) groups is 2. The summed E-state index contributed by atoms with van der Waals surface area (Å²) >= 11 is 3.45. The van der Waals surface area contributed by atoms with E-state index in [0.717, 1.165) is 37.8 Å². The first-order valence-corrected chi connectivity index (χ1v) is 12.9. The van der Waals surface area contributed by atoms with Crippen LogP contribution in [0.3, 0.4) is 0 Å². The van der Waals surface area contributed by atoms with E-state index in [1.807, 2.05) is 78.9 Å². The topological polar surface area (TPSA) is 54.3 Å². The predicted octanol–water partition coefficient (Wildman–Crippen LogP) is 6.79. The molecule has 1 aliphatic heterocycles. The number of anilines is 1. The van der Waals surface area contributed by atoms with Crippen LogP contribution in [0.5, 0.6) is 0 Å². The van der Waals surface area contributed by atoms with Gasteiger partial charge in [-0.2, -0.15) is 0 Å². The fourth-order valence-corrected chi connectivity index (χ4v) is 5.81. The molecule has 0 bridgehead atoms. The Kier molecular flexibility index (Phi) is 5.89. The van der Waals surface area contributed by atoms with Gasteiger partial charge in [0.05, 0.1) is 11.7 Å². The summed E-state index contributed by atoms with van der Waals surface area (Å²) in [5.41, 5.74) is 6.42. The van der Waals surface area contributed by atoms with Gasteiger partial charge in [0.2, 0.25) is 5.91 Å². The molecule has 6 heteroatoms. The molecule has 1 atom stereocenters. The Bertz CT molecular complexity index is 1660. The van der Waals surface area contributed by atoms with Crippen LogP contribution in [0.15, 0.2) is 108 Å². The van der Waals surface area contributed by atoms with E-state index in [0.29, 0.717) is 11.3 Å². The van der Waals surface area contributed by atoms with Crippen molar-refractivity contribution in [3.8, 4) is 11.3 Å². The monoisotopic (exact) mass is 549 g/mol. The molecule has 0 aliphatic carbocycles. The smallest absolute Gasteiger partial charge is 0.255 e. The summed E-state index contributed by atoms with van der Waals surface area (Å²) in [4.78, 5) is 28.7. The second kappa shape index (κ2) is 9.37. The van der Waals surface area contributed by atoms with Crippen LogP contribution in [0.1, 0.15) is 27.5 Å².